The number of aromatic nitrogens is 1. The molecule has 0 saturated heterocycles. The zero-order valence-corrected chi connectivity index (χ0v) is 25.3. The normalized spacial score (nSPS) is 13.9. The second kappa shape index (κ2) is 14.4. The van der Waals surface area contributed by atoms with Gasteiger partial charge in [0.2, 0.25) is 0 Å². The molecule has 0 N–H and O–H groups in total. The predicted molar refractivity (Wildman–Crippen MR) is 182 cm³/mol. The van der Waals surface area contributed by atoms with Crippen LogP contribution in [-0.4, -0.2) is 10.8 Å². The van der Waals surface area contributed by atoms with Gasteiger partial charge in [0.25, 0.3) is 0 Å². The average Bonchev–Trinajstić information content (AvgIpc) is 3.24. The summed E-state index contributed by atoms with van der Waals surface area (Å²) in [5.74, 6) is 0. The van der Waals surface area contributed by atoms with Crippen molar-refractivity contribution in [1.29, 1.82) is 0 Å². The van der Waals surface area contributed by atoms with Crippen molar-refractivity contribution in [2.24, 2.45) is 0 Å². The maximum atomic E-state index is 3.90. The Labute approximate surface area is 239 Å². The van der Waals surface area contributed by atoms with E-state index in [1.54, 1.807) is 11.8 Å². The molecule has 2 heteroatoms. The molecule has 0 saturated carbocycles. The van der Waals surface area contributed by atoms with Crippen molar-refractivity contribution < 1.29 is 0 Å². The minimum atomic E-state index is 1.12. The first-order valence-corrected chi connectivity index (χ1v) is 14.8. The number of fused-ring (bicyclic) bond motifs is 3. The summed E-state index contributed by atoms with van der Waals surface area (Å²) in [5.41, 5.74) is 11.1. The van der Waals surface area contributed by atoms with Gasteiger partial charge in [0.1, 0.15) is 0 Å². The quantitative estimate of drug-likeness (QED) is 0.235. The van der Waals surface area contributed by atoms with Crippen LogP contribution in [0, 0.1) is 13.8 Å². The second-order valence-electron chi connectivity index (χ2n) is 9.31. The minimum Gasteiger partial charge on any atom is -0.315 e. The highest BCUT2D eigenvalue weighted by molar-refractivity contribution is 8.01. The monoisotopic (exact) mass is 531 g/mol. The van der Waals surface area contributed by atoms with Crippen molar-refractivity contribution in [3.63, 3.8) is 0 Å². The van der Waals surface area contributed by atoms with E-state index in [1.165, 1.54) is 49.6 Å². The average molecular weight is 532 g/mol. The molecule has 1 nitrogen and oxygen atoms in total. The molecule has 0 unspecified atom stereocenters. The Bertz CT molecular complexity index is 1590. The summed E-state index contributed by atoms with van der Waals surface area (Å²) in [6.45, 7) is 16.7. The largest absolute Gasteiger partial charge is 0.315 e. The highest BCUT2D eigenvalue weighted by atomic mass is 32.2. The van der Waals surface area contributed by atoms with Gasteiger partial charge in [0.05, 0.1) is 11.0 Å². The lowest BCUT2D eigenvalue weighted by molar-refractivity contribution is 1.26. The molecule has 0 bridgehead atoms. The predicted octanol–water partition coefficient (Wildman–Crippen LogP) is 11.5. The minimum absolute atomic E-state index is 1.12. The molecule has 2 aromatic carbocycles. The van der Waals surface area contributed by atoms with Gasteiger partial charge in [0, 0.05) is 22.5 Å². The smallest absolute Gasteiger partial charge is 0.0616 e. The van der Waals surface area contributed by atoms with Gasteiger partial charge >= 0.3 is 0 Å². The van der Waals surface area contributed by atoms with Crippen LogP contribution in [0.15, 0.2) is 102 Å². The number of benzene rings is 2. The maximum absolute atomic E-state index is 3.90. The van der Waals surface area contributed by atoms with Crippen molar-refractivity contribution >= 4 is 58.0 Å². The summed E-state index contributed by atoms with van der Waals surface area (Å²) in [6.07, 6.45) is 31.9. The van der Waals surface area contributed by atoms with Gasteiger partial charge in [-0.25, -0.2) is 0 Å². The summed E-state index contributed by atoms with van der Waals surface area (Å²) >= 11 is 1.72. The van der Waals surface area contributed by atoms with E-state index < -0.39 is 0 Å². The molecule has 0 aliphatic carbocycles. The highest BCUT2D eigenvalue weighted by Gasteiger charge is 2.19. The zero-order chi connectivity index (χ0) is 28.4. The Morgan fingerprint density at radius 3 is 2.08 bits per heavy atom. The van der Waals surface area contributed by atoms with Crippen LogP contribution in [0.1, 0.15) is 55.5 Å². The van der Waals surface area contributed by atoms with Gasteiger partial charge in [-0.15, -0.1) is 11.8 Å². The fourth-order valence-corrected chi connectivity index (χ4v) is 5.30. The van der Waals surface area contributed by atoms with Crippen LogP contribution in [0.3, 0.4) is 0 Å². The molecule has 39 heavy (non-hydrogen) atoms. The van der Waals surface area contributed by atoms with E-state index >= 15 is 0 Å². The van der Waals surface area contributed by atoms with Gasteiger partial charge < -0.3 is 4.57 Å². The summed E-state index contributed by atoms with van der Waals surface area (Å²) in [6, 6.07) is 6.79. The fourth-order valence-electron chi connectivity index (χ4n) is 5.00. The summed E-state index contributed by atoms with van der Waals surface area (Å²) in [5, 5.41) is 4.70. The molecule has 0 fully saturated rings. The van der Waals surface area contributed by atoms with E-state index in [0.29, 0.717) is 0 Å². The molecule has 0 amide bonds. The molecule has 0 aliphatic rings. The summed E-state index contributed by atoms with van der Waals surface area (Å²) in [7, 11) is 0. The molecule has 0 spiro atoms. The Balaban J connectivity index is 2.47. The van der Waals surface area contributed by atoms with E-state index in [2.05, 4.69) is 142 Å². The van der Waals surface area contributed by atoms with Crippen LogP contribution < -0.4 is 0 Å². The van der Waals surface area contributed by atoms with Crippen molar-refractivity contribution in [2.75, 3.05) is 6.26 Å². The Hall–Kier alpha value is -3.75. The number of thioether (sulfide) groups is 1. The number of hydrogen-bond donors (Lipinski definition) is 0. The van der Waals surface area contributed by atoms with Crippen LogP contribution in [0.5, 0.6) is 0 Å². The van der Waals surface area contributed by atoms with Crippen molar-refractivity contribution in [3.05, 3.63) is 130 Å². The van der Waals surface area contributed by atoms with E-state index in [4.69, 9.17) is 0 Å². The first-order chi connectivity index (χ1) is 19.0. The van der Waals surface area contributed by atoms with E-state index in [1.807, 2.05) is 26.0 Å². The molecule has 0 aliphatic heterocycles. The zero-order valence-electron chi connectivity index (χ0n) is 24.5. The van der Waals surface area contributed by atoms with Crippen LogP contribution >= 0.6 is 11.8 Å². The SMILES string of the molecule is C=C/C=C(\C=C/C)C(/C=C\C)=C/C=C/n1c2ccc(/C=C\SC)cc2c2c(/C=C\C)c(C)c(C)c(/C=C\C)c21. The van der Waals surface area contributed by atoms with Crippen LogP contribution in [0.25, 0.3) is 46.2 Å². The third-order valence-electron chi connectivity index (χ3n) is 6.82. The lowest BCUT2D eigenvalue weighted by atomic mass is 9.92. The number of allylic oxidation sites excluding steroid dienone is 12. The lowest BCUT2D eigenvalue weighted by Gasteiger charge is -2.14. The first kappa shape index (κ1) is 29.8. The Kier molecular flexibility index (Phi) is 11.0. The third kappa shape index (κ3) is 6.46. The molecular formula is C37H41NS. The maximum Gasteiger partial charge on any atom is 0.0616 e. The Morgan fingerprint density at radius 1 is 0.821 bits per heavy atom. The molecular weight excluding hydrogens is 490 g/mol. The Morgan fingerprint density at radius 2 is 1.46 bits per heavy atom. The van der Waals surface area contributed by atoms with Crippen LogP contribution in [0.4, 0.5) is 0 Å². The van der Waals surface area contributed by atoms with Crippen molar-refractivity contribution in [1.82, 2.24) is 4.57 Å². The van der Waals surface area contributed by atoms with Gasteiger partial charge in [-0.2, -0.15) is 0 Å². The van der Waals surface area contributed by atoms with Crippen LogP contribution in [-0.2, 0) is 0 Å². The second-order valence-corrected chi connectivity index (χ2v) is 10.1. The number of rotatable bonds is 10. The van der Waals surface area contributed by atoms with E-state index in [-0.39, 0.29) is 0 Å². The number of hydrogen-bond acceptors (Lipinski definition) is 1. The molecule has 0 atom stereocenters. The van der Waals surface area contributed by atoms with Gasteiger partial charge in [-0.1, -0.05) is 79.5 Å². The van der Waals surface area contributed by atoms with Gasteiger partial charge in [-0.3, -0.25) is 0 Å². The summed E-state index contributed by atoms with van der Waals surface area (Å²) < 4.78 is 2.36. The molecule has 200 valence electrons. The third-order valence-corrected chi connectivity index (χ3v) is 7.23. The van der Waals surface area contributed by atoms with Crippen LogP contribution in [0.2, 0.25) is 0 Å². The fraction of sp³-hybridized carbons (Fsp3) is 0.189. The molecule has 1 aromatic heterocycles. The van der Waals surface area contributed by atoms with Gasteiger partial charge in [-0.05, 0) is 111 Å². The molecule has 3 aromatic rings. The molecule has 1 heterocycles. The van der Waals surface area contributed by atoms with E-state index in [0.717, 1.165) is 11.1 Å². The molecule has 0 radical (unpaired) electrons. The van der Waals surface area contributed by atoms with Crippen molar-refractivity contribution in [2.45, 2.75) is 41.5 Å². The lowest BCUT2D eigenvalue weighted by Crippen LogP contribution is -1.96. The molecule has 3 rings (SSSR count). The number of nitrogens with zero attached hydrogens (tertiary/aromatic N) is 1. The topological polar surface area (TPSA) is 4.93 Å². The standard InChI is InChI=1S/C37H41NS/c1-9-15-30(16-10-2)31(17-11-3)20-14-24-38-35-22-21-29(23-25-39-8)26-34(35)36-32(18-12-4)27(6)28(7)33(19-13-5)37(36)38/h9-26H,1H2,2-8H3/b16-10-,17-11-,18-12-,19-13-,24-14+,25-23-,30-15+,31-20+. The van der Waals surface area contributed by atoms with E-state index in [9.17, 15) is 0 Å². The first-order valence-electron chi connectivity index (χ1n) is 13.5. The highest BCUT2D eigenvalue weighted by Crippen LogP contribution is 2.40. The summed E-state index contributed by atoms with van der Waals surface area (Å²) in [4.78, 5) is 0. The van der Waals surface area contributed by atoms with Gasteiger partial charge in [0.15, 0.2) is 0 Å². The van der Waals surface area contributed by atoms with Crippen molar-refractivity contribution in [3.8, 4) is 0 Å².